The Morgan fingerprint density at radius 1 is 1.03 bits per heavy atom. The van der Waals surface area contributed by atoms with Crippen molar-refractivity contribution in [3.8, 4) is 0 Å². The van der Waals surface area contributed by atoms with Crippen LogP contribution in [0.25, 0.3) is 0 Å². The largest absolute Gasteiger partial charge is 0.467 e. The maximum absolute atomic E-state index is 13.8. The number of alkyl carbamates (subject to hydrolysis) is 1. The van der Waals surface area contributed by atoms with Crippen LogP contribution in [0.5, 0.6) is 0 Å². The van der Waals surface area contributed by atoms with Crippen LogP contribution in [0.3, 0.4) is 0 Å². The number of ether oxygens (including phenoxy) is 2. The molecule has 4 atom stereocenters. The number of carbonyl (C=O) groups excluding carboxylic acids is 3. The molecule has 0 aliphatic heterocycles. The molecule has 1 aromatic carbocycles. The molecule has 8 nitrogen and oxygen atoms in total. The van der Waals surface area contributed by atoms with Gasteiger partial charge in [-0.2, -0.15) is 0 Å². The van der Waals surface area contributed by atoms with E-state index in [-0.39, 0.29) is 0 Å². The first-order valence-electron chi connectivity index (χ1n) is 12.1. The van der Waals surface area contributed by atoms with Crippen LogP contribution in [0.15, 0.2) is 30.3 Å². The summed E-state index contributed by atoms with van der Waals surface area (Å²) in [6, 6.07) is 6.90. The van der Waals surface area contributed by atoms with Crippen molar-refractivity contribution in [3.63, 3.8) is 0 Å². The van der Waals surface area contributed by atoms with Gasteiger partial charge >= 0.3 is 12.1 Å². The highest BCUT2D eigenvalue weighted by atomic mass is 16.6. The Morgan fingerprint density at radius 2 is 1.65 bits per heavy atom. The van der Waals surface area contributed by atoms with Crippen LogP contribution < -0.4 is 10.6 Å². The highest BCUT2D eigenvalue weighted by molar-refractivity contribution is 5.91. The minimum absolute atomic E-state index is 0.313. The van der Waals surface area contributed by atoms with Gasteiger partial charge in [0.05, 0.1) is 12.7 Å². The number of carbonyl (C=O) groups is 3. The minimum Gasteiger partial charge on any atom is -0.467 e. The van der Waals surface area contributed by atoms with E-state index >= 15 is 0 Å². The van der Waals surface area contributed by atoms with Gasteiger partial charge in [0.15, 0.2) is 6.04 Å². The zero-order valence-corrected chi connectivity index (χ0v) is 20.4. The second-order valence-corrected chi connectivity index (χ2v) is 11.5. The summed E-state index contributed by atoms with van der Waals surface area (Å²) in [5.41, 5.74) is -1.57. The van der Waals surface area contributed by atoms with Crippen molar-refractivity contribution in [1.29, 1.82) is 0 Å². The first-order chi connectivity index (χ1) is 15.9. The zero-order valence-electron chi connectivity index (χ0n) is 20.4. The van der Waals surface area contributed by atoms with E-state index in [0.717, 1.165) is 32.1 Å². The van der Waals surface area contributed by atoms with Crippen LogP contribution in [0.4, 0.5) is 4.79 Å². The summed E-state index contributed by atoms with van der Waals surface area (Å²) < 4.78 is 10.4. The van der Waals surface area contributed by atoms with E-state index in [4.69, 9.17) is 9.47 Å². The van der Waals surface area contributed by atoms with Crippen molar-refractivity contribution in [2.45, 2.75) is 82.6 Å². The Kier molecular flexibility index (Phi) is 6.40. The molecule has 4 aliphatic carbocycles. The molecule has 4 saturated carbocycles. The van der Waals surface area contributed by atoms with Crippen LogP contribution in [-0.4, -0.2) is 47.4 Å². The lowest BCUT2D eigenvalue weighted by atomic mass is 9.46. The summed E-state index contributed by atoms with van der Waals surface area (Å²) in [4.78, 5) is 39.2. The van der Waals surface area contributed by atoms with E-state index in [9.17, 15) is 19.5 Å². The summed E-state index contributed by atoms with van der Waals surface area (Å²) in [5.74, 6) is -0.449. The predicted octanol–water partition coefficient (Wildman–Crippen LogP) is 3.24. The number of rotatable bonds is 6. The highest BCUT2D eigenvalue weighted by Gasteiger charge is 2.61. The monoisotopic (exact) mass is 472 g/mol. The molecule has 4 fully saturated rings. The fourth-order valence-electron chi connectivity index (χ4n) is 6.81. The van der Waals surface area contributed by atoms with Gasteiger partial charge in [-0.15, -0.1) is 0 Å². The number of hydrogen-bond donors (Lipinski definition) is 3. The first-order valence-corrected chi connectivity index (χ1v) is 12.1. The molecular weight excluding hydrogens is 436 g/mol. The Labute approximate surface area is 200 Å². The molecule has 186 valence electrons. The molecule has 0 heterocycles. The normalized spacial score (nSPS) is 31.3. The molecule has 34 heavy (non-hydrogen) atoms. The highest BCUT2D eigenvalue weighted by Crippen LogP contribution is 2.62. The molecule has 0 radical (unpaired) electrons. The molecule has 8 heteroatoms. The fraction of sp³-hybridized carbons (Fsp3) is 0.654. The van der Waals surface area contributed by atoms with Gasteiger partial charge in [0.25, 0.3) is 0 Å². The van der Waals surface area contributed by atoms with Crippen molar-refractivity contribution < 1.29 is 29.0 Å². The smallest absolute Gasteiger partial charge is 0.408 e. The molecule has 0 spiro atoms. The van der Waals surface area contributed by atoms with Gasteiger partial charge in [-0.25, -0.2) is 9.59 Å². The van der Waals surface area contributed by atoms with E-state index in [2.05, 4.69) is 10.6 Å². The molecule has 0 aromatic heterocycles. The number of methoxy groups -OCH3 is 1. The number of esters is 1. The lowest BCUT2D eigenvalue weighted by Gasteiger charge is -2.61. The quantitative estimate of drug-likeness (QED) is 0.548. The van der Waals surface area contributed by atoms with E-state index in [1.165, 1.54) is 7.11 Å². The molecule has 3 N–H and O–H groups in total. The number of hydrogen-bond acceptors (Lipinski definition) is 6. The second kappa shape index (κ2) is 8.87. The number of benzene rings is 1. The van der Waals surface area contributed by atoms with Crippen LogP contribution in [-0.2, 0) is 19.1 Å². The molecule has 0 saturated heterocycles. The average molecular weight is 473 g/mol. The summed E-state index contributed by atoms with van der Waals surface area (Å²) in [7, 11) is 1.27. The van der Waals surface area contributed by atoms with Gasteiger partial charge in [-0.1, -0.05) is 30.3 Å². The van der Waals surface area contributed by atoms with Crippen LogP contribution in [0, 0.1) is 17.3 Å². The summed E-state index contributed by atoms with van der Waals surface area (Å²) in [6.07, 6.45) is 3.75. The van der Waals surface area contributed by atoms with Gasteiger partial charge in [0.2, 0.25) is 5.91 Å². The molecule has 1 aromatic rings. The van der Waals surface area contributed by atoms with Gasteiger partial charge in [-0.05, 0) is 76.7 Å². The SMILES string of the molecule is COC(=O)[C@@H](NC(=O)[C@H](NC(=O)OC(C)(C)C)C12CC3CC(CC(O)(C3)C1)C2)c1ccccc1. The van der Waals surface area contributed by atoms with Crippen LogP contribution in [0.1, 0.15) is 70.9 Å². The third kappa shape index (κ3) is 5.06. The molecule has 4 aliphatic rings. The van der Waals surface area contributed by atoms with Gasteiger partial charge in [0.1, 0.15) is 11.6 Å². The number of amides is 2. The lowest BCUT2D eigenvalue weighted by Crippen LogP contribution is -2.66. The number of aliphatic hydroxyl groups is 1. The average Bonchev–Trinajstić information content (AvgIpc) is 2.72. The molecule has 2 amide bonds. The third-order valence-corrected chi connectivity index (χ3v) is 7.47. The van der Waals surface area contributed by atoms with Crippen LogP contribution >= 0.6 is 0 Å². The van der Waals surface area contributed by atoms with Crippen molar-refractivity contribution in [2.75, 3.05) is 7.11 Å². The van der Waals surface area contributed by atoms with E-state index < -0.39 is 46.7 Å². The Balaban J connectivity index is 1.64. The van der Waals surface area contributed by atoms with Gasteiger partial charge in [-0.3, -0.25) is 4.79 Å². The van der Waals surface area contributed by atoms with Gasteiger partial charge in [0, 0.05) is 5.41 Å². The van der Waals surface area contributed by atoms with Crippen LogP contribution in [0.2, 0.25) is 0 Å². The summed E-state index contributed by atoms with van der Waals surface area (Å²) in [6.45, 7) is 5.29. The molecule has 5 rings (SSSR count). The fourth-order valence-corrected chi connectivity index (χ4v) is 6.81. The molecule has 2 unspecified atom stereocenters. The first kappa shape index (κ1) is 24.5. The summed E-state index contributed by atoms with van der Waals surface area (Å²) in [5, 5.41) is 16.9. The maximum Gasteiger partial charge on any atom is 0.408 e. The summed E-state index contributed by atoms with van der Waals surface area (Å²) >= 11 is 0. The van der Waals surface area contributed by atoms with E-state index in [1.54, 1.807) is 45.0 Å². The molecular formula is C26H36N2O6. The third-order valence-electron chi connectivity index (χ3n) is 7.47. The van der Waals surface area contributed by atoms with E-state index in [1.807, 2.05) is 6.07 Å². The van der Waals surface area contributed by atoms with Crippen molar-refractivity contribution in [1.82, 2.24) is 10.6 Å². The number of nitrogens with one attached hydrogen (secondary N) is 2. The predicted molar refractivity (Wildman–Crippen MR) is 125 cm³/mol. The maximum atomic E-state index is 13.8. The van der Waals surface area contributed by atoms with Crippen molar-refractivity contribution in [3.05, 3.63) is 35.9 Å². The Hall–Kier alpha value is -2.61. The Bertz CT molecular complexity index is 926. The Morgan fingerprint density at radius 3 is 2.18 bits per heavy atom. The van der Waals surface area contributed by atoms with Crippen molar-refractivity contribution >= 4 is 18.0 Å². The van der Waals surface area contributed by atoms with Crippen molar-refractivity contribution in [2.24, 2.45) is 17.3 Å². The zero-order chi connectivity index (χ0) is 24.7. The molecule has 4 bridgehead atoms. The topological polar surface area (TPSA) is 114 Å². The standard InChI is InChI=1S/C26H36N2O6/c1-24(2,3)34-23(31)28-20(25-11-16-10-17(12-25)14-26(32,13-16)15-25)21(29)27-19(22(30)33-4)18-8-6-5-7-9-18/h5-9,16-17,19-20,32H,10-15H2,1-4H3,(H,27,29)(H,28,31)/t16?,17?,19-,20-,25?,26?/m0/s1. The second-order valence-electron chi connectivity index (χ2n) is 11.5. The minimum atomic E-state index is -1.02. The van der Waals surface area contributed by atoms with Gasteiger partial charge < -0.3 is 25.2 Å². The lowest BCUT2D eigenvalue weighted by molar-refractivity contribution is -0.177. The van der Waals surface area contributed by atoms with E-state index in [0.29, 0.717) is 23.8 Å².